The summed E-state index contributed by atoms with van der Waals surface area (Å²) in [4.78, 5) is -0.928. The first kappa shape index (κ1) is 8.79. The van der Waals surface area contributed by atoms with Gasteiger partial charge >= 0.3 is 10.2 Å². The van der Waals surface area contributed by atoms with Crippen molar-refractivity contribution in [1.29, 1.82) is 0 Å². The lowest BCUT2D eigenvalue weighted by Crippen LogP contribution is -1.91. The lowest BCUT2D eigenvalue weighted by molar-refractivity contribution is 0.442. The number of rotatable bonds is 1. The molecule has 1 rings (SSSR count). The Morgan fingerprint density at radius 1 is 1.25 bits per heavy atom. The number of hydrogen-bond acceptors (Lipinski definition) is 4. The van der Waals surface area contributed by atoms with E-state index >= 15 is 0 Å². The van der Waals surface area contributed by atoms with E-state index in [4.69, 9.17) is 10.2 Å². The standard InChI is InChI=1S/C6H5FO4S/c7-12(10,11)6-3-4(8)1-2-5(6)9/h1-3,8-9H. The van der Waals surface area contributed by atoms with Crippen LogP contribution in [0.1, 0.15) is 0 Å². The van der Waals surface area contributed by atoms with Crippen molar-refractivity contribution in [2.24, 2.45) is 0 Å². The zero-order chi connectivity index (χ0) is 9.35. The lowest BCUT2D eigenvalue weighted by Gasteiger charge is -1.98. The molecule has 0 unspecified atom stereocenters. The Morgan fingerprint density at radius 2 is 1.83 bits per heavy atom. The number of aromatic hydroxyl groups is 2. The third-order valence-corrected chi connectivity index (χ3v) is 2.06. The van der Waals surface area contributed by atoms with E-state index in [1.807, 2.05) is 0 Å². The first-order chi connectivity index (χ1) is 5.41. The molecule has 0 bridgehead atoms. The fraction of sp³-hybridized carbons (Fsp3) is 0. The molecular weight excluding hydrogens is 187 g/mol. The van der Waals surface area contributed by atoms with Crippen molar-refractivity contribution in [3.8, 4) is 11.5 Å². The molecule has 0 aliphatic rings. The van der Waals surface area contributed by atoms with Crippen molar-refractivity contribution >= 4 is 10.2 Å². The molecule has 0 aliphatic carbocycles. The van der Waals surface area contributed by atoms with Crippen LogP contribution in [0, 0.1) is 0 Å². The van der Waals surface area contributed by atoms with Crippen LogP contribution >= 0.6 is 0 Å². The van der Waals surface area contributed by atoms with E-state index < -0.39 is 26.6 Å². The zero-order valence-electron chi connectivity index (χ0n) is 5.73. The molecule has 0 amide bonds. The summed E-state index contributed by atoms with van der Waals surface area (Å²) >= 11 is 0. The van der Waals surface area contributed by atoms with Gasteiger partial charge in [0.05, 0.1) is 0 Å². The van der Waals surface area contributed by atoms with Gasteiger partial charge in [0.15, 0.2) is 0 Å². The number of hydrogen-bond donors (Lipinski definition) is 2. The van der Waals surface area contributed by atoms with Crippen molar-refractivity contribution in [2.75, 3.05) is 0 Å². The van der Waals surface area contributed by atoms with E-state index in [-0.39, 0.29) is 0 Å². The molecule has 4 nitrogen and oxygen atoms in total. The lowest BCUT2D eigenvalue weighted by atomic mass is 10.3. The monoisotopic (exact) mass is 192 g/mol. The third-order valence-electron chi connectivity index (χ3n) is 1.21. The highest BCUT2D eigenvalue weighted by Crippen LogP contribution is 2.27. The second kappa shape index (κ2) is 2.63. The van der Waals surface area contributed by atoms with Crippen molar-refractivity contribution < 1.29 is 22.5 Å². The smallest absolute Gasteiger partial charge is 0.335 e. The quantitative estimate of drug-likeness (QED) is 0.508. The Kier molecular flexibility index (Phi) is 1.93. The van der Waals surface area contributed by atoms with Crippen molar-refractivity contribution in [2.45, 2.75) is 4.90 Å². The number of benzene rings is 1. The van der Waals surface area contributed by atoms with Crippen LogP contribution in [-0.2, 0) is 10.2 Å². The molecule has 0 radical (unpaired) electrons. The van der Waals surface area contributed by atoms with Gasteiger partial charge in [-0.2, -0.15) is 8.42 Å². The Morgan fingerprint density at radius 3 is 2.25 bits per heavy atom. The van der Waals surface area contributed by atoms with Gasteiger partial charge in [-0.3, -0.25) is 0 Å². The molecule has 0 heterocycles. The maximum Gasteiger partial charge on any atom is 0.335 e. The molecule has 0 aromatic heterocycles. The normalized spacial score (nSPS) is 11.4. The summed E-state index contributed by atoms with van der Waals surface area (Å²) in [5.41, 5.74) is 0. The Bertz CT molecular complexity index is 398. The van der Waals surface area contributed by atoms with E-state index in [1.54, 1.807) is 0 Å². The van der Waals surface area contributed by atoms with Crippen molar-refractivity contribution in [3.63, 3.8) is 0 Å². The van der Waals surface area contributed by atoms with Gasteiger partial charge in [-0.15, -0.1) is 3.89 Å². The topological polar surface area (TPSA) is 74.6 Å². The molecule has 1 aromatic carbocycles. The average molecular weight is 192 g/mol. The summed E-state index contributed by atoms with van der Waals surface area (Å²) in [5.74, 6) is -1.15. The van der Waals surface area contributed by atoms with Crippen LogP contribution in [0.2, 0.25) is 0 Å². The molecule has 2 N–H and O–H groups in total. The first-order valence-electron chi connectivity index (χ1n) is 2.88. The molecule has 0 fully saturated rings. The number of halogens is 1. The van der Waals surface area contributed by atoms with Gasteiger partial charge in [0.25, 0.3) is 0 Å². The van der Waals surface area contributed by atoms with E-state index in [9.17, 15) is 12.3 Å². The van der Waals surface area contributed by atoms with Gasteiger partial charge in [0.1, 0.15) is 16.4 Å². The van der Waals surface area contributed by atoms with E-state index in [1.165, 1.54) is 0 Å². The van der Waals surface area contributed by atoms with Gasteiger partial charge in [-0.25, -0.2) is 0 Å². The molecule has 12 heavy (non-hydrogen) atoms. The summed E-state index contributed by atoms with van der Waals surface area (Å²) in [6.07, 6.45) is 0. The van der Waals surface area contributed by atoms with Crippen LogP contribution in [0.4, 0.5) is 3.89 Å². The summed E-state index contributed by atoms with van der Waals surface area (Å²) in [5, 5.41) is 17.6. The van der Waals surface area contributed by atoms with Crippen LogP contribution in [0.5, 0.6) is 11.5 Å². The predicted octanol–water partition coefficient (Wildman–Crippen LogP) is 0.756. The van der Waals surface area contributed by atoms with Gasteiger partial charge in [0.2, 0.25) is 0 Å². The SMILES string of the molecule is O=S(=O)(F)c1cc(O)ccc1O. The van der Waals surface area contributed by atoms with Crippen LogP contribution in [0.15, 0.2) is 23.1 Å². The summed E-state index contributed by atoms with van der Waals surface area (Å²) < 4.78 is 32.8. The highest BCUT2D eigenvalue weighted by molar-refractivity contribution is 7.86. The Labute approximate surface area is 68.1 Å². The minimum absolute atomic E-state index is 0.427. The van der Waals surface area contributed by atoms with Gasteiger partial charge in [-0.1, -0.05) is 0 Å². The predicted molar refractivity (Wildman–Crippen MR) is 38.1 cm³/mol. The van der Waals surface area contributed by atoms with Crippen LogP contribution < -0.4 is 0 Å². The fourth-order valence-corrected chi connectivity index (χ4v) is 1.28. The highest BCUT2D eigenvalue weighted by atomic mass is 32.3. The molecule has 0 spiro atoms. The molecule has 0 atom stereocenters. The van der Waals surface area contributed by atoms with Gasteiger partial charge in [0, 0.05) is 6.07 Å². The second-order valence-electron chi connectivity index (χ2n) is 2.09. The third kappa shape index (κ3) is 1.65. The average Bonchev–Trinajstić information content (AvgIpc) is 1.92. The number of phenolic OH excluding ortho intramolecular Hbond substituents is 2. The van der Waals surface area contributed by atoms with Crippen molar-refractivity contribution in [1.82, 2.24) is 0 Å². The summed E-state index contributed by atoms with van der Waals surface area (Å²) in [6.45, 7) is 0. The Balaban J connectivity index is 3.43. The fourth-order valence-electron chi connectivity index (χ4n) is 0.698. The van der Waals surface area contributed by atoms with Crippen molar-refractivity contribution in [3.05, 3.63) is 18.2 Å². The van der Waals surface area contributed by atoms with Crippen LogP contribution in [-0.4, -0.2) is 18.6 Å². The summed E-state index contributed by atoms with van der Waals surface area (Å²) in [6, 6.07) is 2.57. The largest absolute Gasteiger partial charge is 0.508 e. The molecule has 0 saturated carbocycles. The highest BCUT2D eigenvalue weighted by Gasteiger charge is 2.17. The zero-order valence-corrected chi connectivity index (χ0v) is 6.55. The van der Waals surface area contributed by atoms with Gasteiger partial charge in [-0.05, 0) is 12.1 Å². The maximum absolute atomic E-state index is 12.3. The van der Waals surface area contributed by atoms with Crippen LogP contribution in [0.25, 0.3) is 0 Å². The molecule has 6 heteroatoms. The first-order valence-corrected chi connectivity index (χ1v) is 4.26. The minimum Gasteiger partial charge on any atom is -0.508 e. The molecule has 0 aliphatic heterocycles. The van der Waals surface area contributed by atoms with E-state index in [2.05, 4.69) is 0 Å². The maximum atomic E-state index is 12.3. The number of phenols is 2. The second-order valence-corrected chi connectivity index (χ2v) is 3.41. The van der Waals surface area contributed by atoms with E-state index in [0.717, 1.165) is 12.1 Å². The minimum atomic E-state index is -4.97. The molecule has 1 aromatic rings. The van der Waals surface area contributed by atoms with E-state index in [0.29, 0.717) is 6.07 Å². The Hall–Kier alpha value is -1.30. The van der Waals surface area contributed by atoms with Crippen LogP contribution in [0.3, 0.4) is 0 Å². The molecule has 0 saturated heterocycles. The van der Waals surface area contributed by atoms with Gasteiger partial charge < -0.3 is 10.2 Å². The summed E-state index contributed by atoms with van der Waals surface area (Å²) in [7, 11) is -4.97. The molecule has 66 valence electrons. The molecular formula is C6H5FO4S.